The van der Waals surface area contributed by atoms with E-state index in [0.717, 1.165) is 24.8 Å². The van der Waals surface area contributed by atoms with Crippen LogP contribution in [0.4, 0.5) is 0 Å². The van der Waals surface area contributed by atoms with Crippen LogP contribution in [0, 0.1) is 0 Å². The van der Waals surface area contributed by atoms with E-state index < -0.39 is 5.54 Å². The summed E-state index contributed by atoms with van der Waals surface area (Å²) >= 11 is 0. The molecule has 0 spiro atoms. The van der Waals surface area contributed by atoms with Gasteiger partial charge >= 0.3 is 0 Å². The van der Waals surface area contributed by atoms with Crippen LogP contribution in [-0.4, -0.2) is 28.1 Å². The largest absolute Gasteiger partial charge is 0.437 e. The monoisotopic (exact) mass is 272 g/mol. The highest BCUT2D eigenvalue weighted by molar-refractivity contribution is 5.92. The maximum absolute atomic E-state index is 11.8. The van der Waals surface area contributed by atoms with Crippen LogP contribution in [0.2, 0.25) is 0 Å². The van der Waals surface area contributed by atoms with Crippen molar-refractivity contribution in [2.45, 2.75) is 24.8 Å². The predicted octanol–water partition coefficient (Wildman–Crippen LogP) is 1.87. The minimum absolute atomic E-state index is 0.0184. The Morgan fingerprint density at radius 1 is 1.45 bits per heavy atom. The summed E-state index contributed by atoms with van der Waals surface area (Å²) in [6.45, 7) is -0.0184. The zero-order valence-electron chi connectivity index (χ0n) is 11.0. The van der Waals surface area contributed by atoms with E-state index >= 15 is 0 Å². The van der Waals surface area contributed by atoms with Crippen molar-refractivity contribution in [3.63, 3.8) is 0 Å². The second kappa shape index (κ2) is 5.09. The first-order valence-electron chi connectivity index (χ1n) is 6.67. The molecule has 0 radical (unpaired) electrons. The number of nitrogens with zero attached hydrogens (tertiary/aromatic N) is 1. The van der Waals surface area contributed by atoms with Crippen LogP contribution in [0.15, 0.2) is 34.8 Å². The fraction of sp³-hybridized carbons (Fsp3) is 0.333. The van der Waals surface area contributed by atoms with E-state index in [1.54, 1.807) is 6.08 Å². The van der Waals surface area contributed by atoms with E-state index in [1.807, 2.05) is 24.3 Å². The molecule has 2 N–H and O–H groups in total. The third kappa shape index (κ3) is 2.44. The number of benzene rings is 1. The van der Waals surface area contributed by atoms with Crippen LogP contribution >= 0.6 is 0 Å². The summed E-state index contributed by atoms with van der Waals surface area (Å²) in [6.07, 6.45) is 5.62. The van der Waals surface area contributed by atoms with E-state index in [4.69, 9.17) is 4.42 Å². The predicted molar refractivity (Wildman–Crippen MR) is 74.9 cm³/mol. The molecule has 1 fully saturated rings. The van der Waals surface area contributed by atoms with Crippen molar-refractivity contribution in [1.29, 1.82) is 0 Å². The lowest BCUT2D eigenvalue weighted by Gasteiger charge is -2.40. The molecule has 0 saturated heterocycles. The van der Waals surface area contributed by atoms with Crippen molar-refractivity contribution in [2.24, 2.45) is 0 Å². The number of hydrogen-bond donors (Lipinski definition) is 2. The summed E-state index contributed by atoms with van der Waals surface area (Å²) in [6, 6.07) is 7.43. The Kier molecular flexibility index (Phi) is 3.28. The van der Waals surface area contributed by atoms with Crippen LogP contribution < -0.4 is 5.32 Å². The van der Waals surface area contributed by atoms with Crippen LogP contribution in [0.3, 0.4) is 0 Å². The maximum atomic E-state index is 11.8. The van der Waals surface area contributed by atoms with Gasteiger partial charge in [-0.05, 0) is 31.4 Å². The number of nitrogens with one attached hydrogen (secondary N) is 1. The first-order chi connectivity index (χ1) is 9.71. The summed E-state index contributed by atoms with van der Waals surface area (Å²) in [7, 11) is 0. The lowest BCUT2D eigenvalue weighted by Crippen LogP contribution is -2.55. The van der Waals surface area contributed by atoms with Gasteiger partial charge in [0.2, 0.25) is 11.8 Å². The number of amides is 1. The minimum atomic E-state index is -0.428. The molecule has 1 saturated carbocycles. The number of fused-ring (bicyclic) bond motifs is 1. The van der Waals surface area contributed by atoms with E-state index in [-0.39, 0.29) is 12.5 Å². The smallest absolute Gasteiger partial charge is 0.244 e. The Morgan fingerprint density at radius 2 is 2.25 bits per heavy atom. The molecule has 2 aromatic rings. The molecule has 5 heteroatoms. The second-order valence-electron chi connectivity index (χ2n) is 5.13. The van der Waals surface area contributed by atoms with Crippen molar-refractivity contribution in [3.05, 3.63) is 36.2 Å². The Balaban J connectivity index is 1.68. The molecule has 3 rings (SSSR count). The molecule has 104 valence electrons. The Morgan fingerprint density at radius 3 is 2.90 bits per heavy atom. The molecular formula is C15H16N2O3. The SMILES string of the molecule is O=C(/C=C/c1nc2ccccc2o1)NC1(CO)CCC1. The normalized spacial score (nSPS) is 17.2. The van der Waals surface area contributed by atoms with Gasteiger partial charge in [0.25, 0.3) is 0 Å². The van der Waals surface area contributed by atoms with Crippen molar-refractivity contribution in [1.82, 2.24) is 10.3 Å². The molecule has 0 aliphatic heterocycles. The van der Waals surface area contributed by atoms with Gasteiger partial charge in [0.1, 0.15) is 5.52 Å². The number of para-hydroxylation sites is 2. The van der Waals surface area contributed by atoms with Crippen molar-refractivity contribution in [2.75, 3.05) is 6.61 Å². The standard InChI is InChI=1S/C15H16N2O3/c18-10-15(8-3-9-15)17-13(19)6-7-14-16-11-4-1-2-5-12(11)20-14/h1-2,4-7,18H,3,8-10H2,(H,17,19)/b7-6+. The fourth-order valence-electron chi connectivity index (χ4n) is 2.34. The van der Waals surface area contributed by atoms with Crippen LogP contribution in [0.5, 0.6) is 0 Å². The number of carbonyl (C=O) groups is 1. The molecule has 1 aromatic heterocycles. The number of carbonyl (C=O) groups excluding carboxylic acids is 1. The summed E-state index contributed by atoms with van der Waals surface area (Å²) in [5, 5.41) is 12.1. The number of hydrogen-bond acceptors (Lipinski definition) is 4. The van der Waals surface area contributed by atoms with Gasteiger partial charge in [0, 0.05) is 12.2 Å². The van der Waals surface area contributed by atoms with E-state index in [9.17, 15) is 9.90 Å². The topological polar surface area (TPSA) is 75.4 Å². The van der Waals surface area contributed by atoms with Gasteiger partial charge in [-0.2, -0.15) is 0 Å². The van der Waals surface area contributed by atoms with Crippen LogP contribution in [-0.2, 0) is 4.79 Å². The van der Waals surface area contributed by atoms with Crippen LogP contribution in [0.1, 0.15) is 25.2 Å². The average Bonchev–Trinajstić information content (AvgIpc) is 2.83. The van der Waals surface area contributed by atoms with Gasteiger partial charge in [0.05, 0.1) is 12.1 Å². The summed E-state index contributed by atoms with van der Waals surface area (Å²) < 4.78 is 5.49. The van der Waals surface area contributed by atoms with Crippen molar-refractivity contribution in [3.8, 4) is 0 Å². The highest BCUT2D eigenvalue weighted by atomic mass is 16.3. The molecule has 1 amide bonds. The van der Waals surface area contributed by atoms with Gasteiger partial charge in [-0.1, -0.05) is 12.1 Å². The molecular weight excluding hydrogens is 256 g/mol. The molecule has 0 bridgehead atoms. The zero-order valence-corrected chi connectivity index (χ0v) is 11.0. The number of aliphatic hydroxyl groups excluding tert-OH is 1. The molecule has 0 unspecified atom stereocenters. The fourth-order valence-corrected chi connectivity index (χ4v) is 2.34. The Bertz CT molecular complexity index is 617. The lowest BCUT2D eigenvalue weighted by molar-refractivity contribution is -0.120. The summed E-state index contributed by atoms with van der Waals surface area (Å²) in [5.74, 6) is 0.161. The minimum Gasteiger partial charge on any atom is -0.437 e. The Labute approximate surface area is 116 Å². The summed E-state index contributed by atoms with van der Waals surface area (Å²) in [5.41, 5.74) is 1.03. The molecule has 5 nitrogen and oxygen atoms in total. The zero-order chi connectivity index (χ0) is 14.0. The van der Waals surface area contributed by atoms with Gasteiger partial charge in [-0.15, -0.1) is 0 Å². The number of rotatable bonds is 4. The first kappa shape index (κ1) is 12.9. The lowest BCUT2D eigenvalue weighted by atomic mass is 9.77. The molecule has 1 heterocycles. The molecule has 0 atom stereocenters. The number of aromatic nitrogens is 1. The molecule has 1 aliphatic rings. The molecule has 1 aromatic carbocycles. The van der Waals surface area contributed by atoms with Crippen molar-refractivity contribution >= 4 is 23.1 Å². The molecule has 1 aliphatic carbocycles. The van der Waals surface area contributed by atoms with Gasteiger partial charge in [-0.25, -0.2) is 4.98 Å². The second-order valence-corrected chi connectivity index (χ2v) is 5.13. The third-order valence-corrected chi connectivity index (χ3v) is 3.69. The highest BCUT2D eigenvalue weighted by Crippen LogP contribution is 2.31. The molecule has 20 heavy (non-hydrogen) atoms. The number of oxazole rings is 1. The summed E-state index contributed by atoms with van der Waals surface area (Å²) in [4.78, 5) is 16.1. The van der Waals surface area contributed by atoms with Gasteiger partial charge in [0.15, 0.2) is 5.58 Å². The van der Waals surface area contributed by atoms with Gasteiger partial charge in [-0.3, -0.25) is 4.79 Å². The maximum Gasteiger partial charge on any atom is 0.244 e. The van der Waals surface area contributed by atoms with Crippen LogP contribution in [0.25, 0.3) is 17.2 Å². The third-order valence-electron chi connectivity index (χ3n) is 3.69. The van der Waals surface area contributed by atoms with Gasteiger partial charge < -0.3 is 14.8 Å². The highest BCUT2D eigenvalue weighted by Gasteiger charge is 2.37. The van der Waals surface area contributed by atoms with E-state index in [1.165, 1.54) is 6.08 Å². The van der Waals surface area contributed by atoms with E-state index in [2.05, 4.69) is 10.3 Å². The first-order valence-corrected chi connectivity index (χ1v) is 6.67. The average molecular weight is 272 g/mol. The Hall–Kier alpha value is -2.14. The van der Waals surface area contributed by atoms with E-state index in [0.29, 0.717) is 11.5 Å². The number of aliphatic hydroxyl groups is 1. The van der Waals surface area contributed by atoms with Crippen molar-refractivity contribution < 1.29 is 14.3 Å². The quantitative estimate of drug-likeness (QED) is 0.833.